The van der Waals surface area contributed by atoms with Crippen molar-refractivity contribution in [3.8, 4) is 0 Å². The molecular formula is C21H23NO. The second kappa shape index (κ2) is 4.51. The Kier molecular flexibility index (Phi) is 2.51. The van der Waals surface area contributed by atoms with Crippen molar-refractivity contribution in [2.24, 2.45) is 5.92 Å². The van der Waals surface area contributed by atoms with Crippen molar-refractivity contribution in [3.63, 3.8) is 0 Å². The molecule has 0 radical (unpaired) electrons. The lowest BCUT2D eigenvalue weighted by Crippen LogP contribution is -2.37. The summed E-state index contributed by atoms with van der Waals surface area (Å²) in [5, 5.41) is 0. The van der Waals surface area contributed by atoms with E-state index < -0.39 is 0 Å². The van der Waals surface area contributed by atoms with Gasteiger partial charge in [0.15, 0.2) is 0 Å². The van der Waals surface area contributed by atoms with Crippen LogP contribution in [0.2, 0.25) is 0 Å². The molecule has 0 aromatic carbocycles. The molecule has 3 atom stereocenters. The highest BCUT2D eigenvalue weighted by Gasteiger charge is 2.45. The smallest absolute Gasteiger partial charge is 0.0986 e. The standard InChI is InChI=1S/C21H23NO/c1-2-5-14-13(4-1)7-8-15-18-10-9-16-20(15)17(14)12-22-11-3-6-19(23-18)21(16)22/h1,4,7,12,14,18-19H,2-3,5-6,8-11H2. The topological polar surface area (TPSA) is 12.5 Å². The zero-order valence-corrected chi connectivity index (χ0v) is 13.6. The summed E-state index contributed by atoms with van der Waals surface area (Å²) in [5.41, 5.74) is 9.57. The highest BCUT2D eigenvalue weighted by atomic mass is 16.5. The minimum atomic E-state index is 0.352. The Morgan fingerprint density at radius 1 is 1.13 bits per heavy atom. The van der Waals surface area contributed by atoms with Crippen LogP contribution in [0.25, 0.3) is 0 Å². The molecule has 0 aromatic heterocycles. The average molecular weight is 305 g/mol. The van der Waals surface area contributed by atoms with Crippen molar-refractivity contribution < 1.29 is 4.74 Å². The molecule has 0 spiro atoms. The third kappa shape index (κ3) is 1.63. The molecule has 2 nitrogen and oxygen atoms in total. The van der Waals surface area contributed by atoms with E-state index in [1.54, 1.807) is 27.9 Å². The summed E-state index contributed by atoms with van der Waals surface area (Å²) < 4.78 is 6.64. The Hall–Kier alpha value is -1.54. The first-order valence-electron chi connectivity index (χ1n) is 9.37. The molecule has 7 rings (SSSR count). The molecule has 0 aromatic rings. The normalized spacial score (nSPS) is 37.2. The molecule has 3 aliphatic carbocycles. The van der Waals surface area contributed by atoms with Gasteiger partial charge in [-0.2, -0.15) is 0 Å². The van der Waals surface area contributed by atoms with E-state index in [-0.39, 0.29) is 0 Å². The van der Waals surface area contributed by atoms with Gasteiger partial charge >= 0.3 is 0 Å². The molecular weight excluding hydrogens is 282 g/mol. The van der Waals surface area contributed by atoms with Gasteiger partial charge in [-0.3, -0.25) is 0 Å². The fourth-order valence-corrected chi connectivity index (χ4v) is 5.69. The van der Waals surface area contributed by atoms with Crippen molar-refractivity contribution in [1.29, 1.82) is 0 Å². The van der Waals surface area contributed by atoms with E-state index in [0.717, 1.165) is 6.42 Å². The number of allylic oxidation sites excluding steroid dienone is 7. The summed E-state index contributed by atoms with van der Waals surface area (Å²) in [5.74, 6) is 0.612. The summed E-state index contributed by atoms with van der Waals surface area (Å²) in [6.45, 7) is 1.18. The van der Waals surface area contributed by atoms with Crippen molar-refractivity contribution in [2.45, 2.75) is 57.2 Å². The Bertz CT molecular complexity index is 748. The van der Waals surface area contributed by atoms with Crippen molar-refractivity contribution in [3.05, 3.63) is 58.0 Å². The summed E-state index contributed by atoms with van der Waals surface area (Å²) in [4.78, 5) is 2.56. The minimum absolute atomic E-state index is 0.352. The van der Waals surface area contributed by atoms with Crippen LogP contribution in [-0.4, -0.2) is 23.7 Å². The largest absolute Gasteiger partial charge is 0.364 e. The van der Waals surface area contributed by atoms with Crippen LogP contribution in [0.4, 0.5) is 0 Å². The van der Waals surface area contributed by atoms with Crippen molar-refractivity contribution in [2.75, 3.05) is 6.54 Å². The third-order valence-corrected chi connectivity index (χ3v) is 6.64. The lowest BCUT2D eigenvalue weighted by atomic mass is 9.73. The first-order chi connectivity index (χ1) is 11.4. The Morgan fingerprint density at radius 2 is 2.13 bits per heavy atom. The number of rotatable bonds is 0. The van der Waals surface area contributed by atoms with Gasteiger partial charge in [0.05, 0.1) is 17.9 Å². The SMILES string of the molecule is C1=CC2=CCC3=C4C(=CN5CCCC6OC3CCC4=C65)C2CC1. The molecule has 1 fully saturated rings. The first-order valence-corrected chi connectivity index (χ1v) is 9.37. The number of fused-ring (bicyclic) bond motifs is 3. The van der Waals surface area contributed by atoms with Gasteiger partial charge in [-0.15, -0.1) is 0 Å². The second-order valence-corrected chi connectivity index (χ2v) is 7.78. The molecule has 4 aliphatic heterocycles. The highest BCUT2D eigenvalue weighted by Crippen LogP contribution is 2.53. The molecule has 2 heteroatoms. The lowest BCUT2D eigenvalue weighted by molar-refractivity contribution is 0.00286. The van der Waals surface area contributed by atoms with Crippen LogP contribution in [0.15, 0.2) is 58.0 Å². The van der Waals surface area contributed by atoms with E-state index in [0.29, 0.717) is 18.1 Å². The van der Waals surface area contributed by atoms with E-state index in [1.165, 1.54) is 50.8 Å². The number of hydrogen-bond donors (Lipinski definition) is 0. The zero-order chi connectivity index (χ0) is 15.0. The zero-order valence-electron chi connectivity index (χ0n) is 13.6. The molecule has 4 heterocycles. The monoisotopic (exact) mass is 305 g/mol. The van der Waals surface area contributed by atoms with Crippen LogP contribution in [0.5, 0.6) is 0 Å². The molecule has 1 saturated heterocycles. The van der Waals surface area contributed by atoms with E-state index in [1.807, 2.05) is 0 Å². The molecule has 0 N–H and O–H groups in total. The predicted molar refractivity (Wildman–Crippen MR) is 90.5 cm³/mol. The maximum absolute atomic E-state index is 6.64. The van der Waals surface area contributed by atoms with Gasteiger partial charge in [-0.1, -0.05) is 18.2 Å². The first kappa shape index (κ1) is 12.8. The Morgan fingerprint density at radius 3 is 3.13 bits per heavy atom. The minimum Gasteiger partial charge on any atom is -0.364 e. The summed E-state index contributed by atoms with van der Waals surface area (Å²) in [6.07, 6.45) is 18.9. The Labute approximate surface area is 137 Å². The van der Waals surface area contributed by atoms with Crippen LogP contribution in [0, 0.1) is 5.92 Å². The van der Waals surface area contributed by atoms with E-state index in [4.69, 9.17) is 4.74 Å². The molecule has 0 saturated carbocycles. The van der Waals surface area contributed by atoms with Crippen LogP contribution in [0.1, 0.15) is 44.9 Å². The fourth-order valence-electron chi connectivity index (χ4n) is 5.69. The summed E-state index contributed by atoms with van der Waals surface area (Å²) in [6, 6.07) is 0. The van der Waals surface area contributed by atoms with E-state index >= 15 is 0 Å². The van der Waals surface area contributed by atoms with Crippen LogP contribution in [0.3, 0.4) is 0 Å². The number of nitrogens with zero attached hydrogens (tertiary/aromatic N) is 1. The number of ether oxygens (including phenoxy) is 1. The maximum atomic E-state index is 6.64. The van der Waals surface area contributed by atoms with Gasteiger partial charge in [-0.25, -0.2) is 0 Å². The quantitative estimate of drug-likeness (QED) is 0.658. The molecule has 7 aliphatic rings. The van der Waals surface area contributed by atoms with Gasteiger partial charge in [0.2, 0.25) is 0 Å². The molecule has 3 unspecified atom stereocenters. The van der Waals surface area contributed by atoms with Crippen LogP contribution >= 0.6 is 0 Å². The second-order valence-electron chi connectivity index (χ2n) is 7.78. The third-order valence-electron chi connectivity index (χ3n) is 6.64. The number of hydrogen-bond acceptors (Lipinski definition) is 2. The lowest BCUT2D eigenvalue weighted by Gasteiger charge is -2.40. The highest BCUT2D eigenvalue weighted by molar-refractivity contribution is 5.63. The van der Waals surface area contributed by atoms with Crippen molar-refractivity contribution >= 4 is 0 Å². The fraction of sp³-hybridized carbons (Fsp3) is 0.524. The van der Waals surface area contributed by atoms with Crippen LogP contribution < -0.4 is 0 Å². The molecule has 118 valence electrons. The van der Waals surface area contributed by atoms with E-state index in [9.17, 15) is 0 Å². The van der Waals surface area contributed by atoms with Gasteiger partial charge < -0.3 is 9.64 Å². The molecule has 4 bridgehead atoms. The average Bonchev–Trinajstić information content (AvgIpc) is 2.92. The van der Waals surface area contributed by atoms with E-state index in [2.05, 4.69) is 29.3 Å². The predicted octanol–water partition coefficient (Wildman–Crippen LogP) is 4.39. The molecule has 23 heavy (non-hydrogen) atoms. The van der Waals surface area contributed by atoms with Crippen molar-refractivity contribution in [1.82, 2.24) is 4.90 Å². The van der Waals surface area contributed by atoms with Gasteiger partial charge in [0.25, 0.3) is 0 Å². The summed E-state index contributed by atoms with van der Waals surface area (Å²) >= 11 is 0. The number of piperidine rings is 1. The molecule has 0 amide bonds. The van der Waals surface area contributed by atoms with Gasteiger partial charge in [0.1, 0.15) is 0 Å². The van der Waals surface area contributed by atoms with Gasteiger partial charge in [-0.05, 0) is 72.8 Å². The Balaban J connectivity index is 1.61. The van der Waals surface area contributed by atoms with Crippen LogP contribution in [-0.2, 0) is 4.74 Å². The maximum Gasteiger partial charge on any atom is 0.0986 e. The van der Waals surface area contributed by atoms with Gasteiger partial charge in [0, 0.05) is 18.7 Å². The summed E-state index contributed by atoms with van der Waals surface area (Å²) in [7, 11) is 0.